The SMILES string of the molecule is O=C(NC1CCCC1)c1ccc(Cl)c(S(=O)(=O)Nc2ccccc2)c1. The van der Waals surface area contributed by atoms with E-state index in [0.717, 1.165) is 25.7 Å². The fraction of sp³-hybridized carbons (Fsp3) is 0.278. The van der Waals surface area contributed by atoms with E-state index < -0.39 is 10.0 Å². The molecule has 0 atom stereocenters. The minimum atomic E-state index is -3.89. The number of hydrogen-bond donors (Lipinski definition) is 2. The maximum absolute atomic E-state index is 12.6. The van der Waals surface area contributed by atoms with E-state index in [-0.39, 0.29) is 27.4 Å². The van der Waals surface area contributed by atoms with Gasteiger partial charge in [0, 0.05) is 17.3 Å². The van der Waals surface area contributed by atoms with Crippen molar-refractivity contribution in [3.63, 3.8) is 0 Å². The molecule has 1 fully saturated rings. The molecule has 0 bridgehead atoms. The van der Waals surface area contributed by atoms with Gasteiger partial charge in [0.05, 0.1) is 5.02 Å². The summed E-state index contributed by atoms with van der Waals surface area (Å²) in [5.74, 6) is -0.278. The van der Waals surface area contributed by atoms with Crippen molar-refractivity contribution in [2.75, 3.05) is 4.72 Å². The standard InChI is InChI=1S/C18H19ClN2O3S/c19-16-11-10-13(18(22)20-14-6-4-5-7-14)12-17(16)25(23,24)21-15-8-2-1-3-9-15/h1-3,8-12,14,21H,4-7H2,(H,20,22). The van der Waals surface area contributed by atoms with Crippen LogP contribution >= 0.6 is 11.6 Å². The summed E-state index contributed by atoms with van der Waals surface area (Å²) in [6.07, 6.45) is 4.12. The van der Waals surface area contributed by atoms with Gasteiger partial charge in [-0.3, -0.25) is 9.52 Å². The Kier molecular flexibility index (Phi) is 5.30. The average Bonchev–Trinajstić information content (AvgIpc) is 3.08. The molecule has 1 saturated carbocycles. The molecule has 1 aliphatic carbocycles. The number of carbonyl (C=O) groups excluding carboxylic acids is 1. The number of para-hydroxylation sites is 1. The maximum atomic E-state index is 12.6. The monoisotopic (exact) mass is 378 g/mol. The predicted molar refractivity (Wildman–Crippen MR) is 98.4 cm³/mol. The van der Waals surface area contributed by atoms with Crippen molar-refractivity contribution in [3.05, 3.63) is 59.1 Å². The lowest BCUT2D eigenvalue weighted by molar-refractivity contribution is 0.0937. The second-order valence-corrected chi connectivity index (χ2v) is 8.13. The summed E-state index contributed by atoms with van der Waals surface area (Å²) in [4.78, 5) is 12.3. The molecule has 1 amide bonds. The molecule has 2 N–H and O–H groups in total. The number of amides is 1. The Morgan fingerprint density at radius 1 is 1.04 bits per heavy atom. The molecular formula is C18H19ClN2O3S. The lowest BCUT2D eigenvalue weighted by atomic mass is 10.2. The molecule has 0 aliphatic heterocycles. The molecule has 3 rings (SSSR count). The number of anilines is 1. The summed E-state index contributed by atoms with van der Waals surface area (Å²) in [5.41, 5.74) is 0.712. The first-order valence-corrected chi connectivity index (χ1v) is 10.00. The molecular weight excluding hydrogens is 360 g/mol. The first kappa shape index (κ1) is 17.8. The van der Waals surface area contributed by atoms with Gasteiger partial charge in [0.25, 0.3) is 15.9 Å². The third-order valence-electron chi connectivity index (χ3n) is 4.20. The van der Waals surface area contributed by atoms with Crippen molar-refractivity contribution in [1.29, 1.82) is 0 Å². The van der Waals surface area contributed by atoms with Crippen molar-refractivity contribution < 1.29 is 13.2 Å². The summed E-state index contributed by atoms with van der Waals surface area (Å²) in [5, 5.41) is 3.02. The minimum Gasteiger partial charge on any atom is -0.349 e. The quantitative estimate of drug-likeness (QED) is 0.830. The summed E-state index contributed by atoms with van der Waals surface area (Å²) < 4.78 is 27.7. The second kappa shape index (κ2) is 7.45. The topological polar surface area (TPSA) is 75.3 Å². The van der Waals surface area contributed by atoms with E-state index in [1.807, 2.05) is 0 Å². The lowest BCUT2D eigenvalue weighted by Crippen LogP contribution is -2.32. The van der Waals surface area contributed by atoms with Gasteiger partial charge in [-0.15, -0.1) is 0 Å². The first-order valence-electron chi connectivity index (χ1n) is 8.14. The number of carbonyl (C=O) groups is 1. The molecule has 7 heteroatoms. The van der Waals surface area contributed by atoms with Gasteiger partial charge in [0.15, 0.2) is 0 Å². The molecule has 0 spiro atoms. The molecule has 1 aliphatic rings. The summed E-state index contributed by atoms with van der Waals surface area (Å²) in [6.45, 7) is 0. The third-order valence-corrected chi connectivity index (χ3v) is 6.06. The number of sulfonamides is 1. The molecule has 0 heterocycles. The molecule has 2 aromatic rings. The number of benzene rings is 2. The van der Waals surface area contributed by atoms with E-state index in [1.165, 1.54) is 18.2 Å². The fourth-order valence-electron chi connectivity index (χ4n) is 2.91. The van der Waals surface area contributed by atoms with Crippen LogP contribution in [0.3, 0.4) is 0 Å². The van der Waals surface area contributed by atoms with E-state index in [2.05, 4.69) is 10.0 Å². The van der Waals surface area contributed by atoms with Gasteiger partial charge in [0.2, 0.25) is 0 Å². The number of rotatable bonds is 5. The van der Waals surface area contributed by atoms with Crippen molar-refractivity contribution in [2.24, 2.45) is 0 Å². The van der Waals surface area contributed by atoms with Crippen LogP contribution in [0.15, 0.2) is 53.4 Å². The summed E-state index contributed by atoms with van der Waals surface area (Å²) >= 11 is 6.07. The largest absolute Gasteiger partial charge is 0.349 e. The van der Waals surface area contributed by atoms with E-state index >= 15 is 0 Å². The Bertz CT molecular complexity index is 863. The van der Waals surface area contributed by atoms with E-state index in [9.17, 15) is 13.2 Å². The molecule has 5 nitrogen and oxygen atoms in total. The highest BCUT2D eigenvalue weighted by Gasteiger charge is 2.22. The molecule has 0 radical (unpaired) electrons. The van der Waals surface area contributed by atoms with Gasteiger partial charge in [-0.25, -0.2) is 8.42 Å². The highest BCUT2D eigenvalue weighted by atomic mass is 35.5. The molecule has 0 unspecified atom stereocenters. The van der Waals surface area contributed by atoms with Crippen molar-refractivity contribution >= 4 is 33.2 Å². The summed E-state index contributed by atoms with van der Waals surface area (Å²) in [6, 6.07) is 13.0. The fourth-order valence-corrected chi connectivity index (χ4v) is 4.49. The highest BCUT2D eigenvalue weighted by molar-refractivity contribution is 7.92. The zero-order chi connectivity index (χ0) is 17.9. The van der Waals surface area contributed by atoms with Crippen LogP contribution in [0.2, 0.25) is 5.02 Å². The minimum absolute atomic E-state index is 0.0702. The Hall–Kier alpha value is -2.05. The Morgan fingerprint density at radius 3 is 2.40 bits per heavy atom. The van der Waals surface area contributed by atoms with Gasteiger partial charge in [-0.05, 0) is 43.2 Å². The molecule has 2 aromatic carbocycles. The normalized spacial score (nSPS) is 15.1. The van der Waals surface area contributed by atoms with Crippen LogP contribution in [0.25, 0.3) is 0 Å². The Labute approximate surface area is 152 Å². The number of nitrogens with one attached hydrogen (secondary N) is 2. The zero-order valence-corrected chi connectivity index (χ0v) is 15.1. The van der Waals surface area contributed by atoms with Gasteiger partial charge in [-0.1, -0.05) is 42.6 Å². The van der Waals surface area contributed by atoms with Gasteiger partial charge < -0.3 is 5.32 Å². The zero-order valence-electron chi connectivity index (χ0n) is 13.5. The van der Waals surface area contributed by atoms with Crippen LogP contribution in [0, 0.1) is 0 Å². The van der Waals surface area contributed by atoms with Crippen LogP contribution in [0.1, 0.15) is 36.0 Å². The molecule has 132 valence electrons. The van der Waals surface area contributed by atoms with Crippen LogP contribution in [-0.4, -0.2) is 20.4 Å². The van der Waals surface area contributed by atoms with Crippen LogP contribution in [-0.2, 0) is 10.0 Å². The van der Waals surface area contributed by atoms with Crippen LogP contribution in [0.5, 0.6) is 0 Å². The highest BCUT2D eigenvalue weighted by Crippen LogP contribution is 2.25. The smallest absolute Gasteiger partial charge is 0.263 e. The van der Waals surface area contributed by atoms with Crippen LogP contribution in [0.4, 0.5) is 5.69 Å². The molecule has 25 heavy (non-hydrogen) atoms. The average molecular weight is 379 g/mol. The first-order chi connectivity index (χ1) is 12.0. The maximum Gasteiger partial charge on any atom is 0.263 e. The van der Waals surface area contributed by atoms with Crippen molar-refractivity contribution in [2.45, 2.75) is 36.6 Å². The predicted octanol–water partition coefficient (Wildman–Crippen LogP) is 3.81. The summed E-state index contributed by atoms with van der Waals surface area (Å²) in [7, 11) is -3.89. The molecule has 0 saturated heterocycles. The van der Waals surface area contributed by atoms with Crippen molar-refractivity contribution in [1.82, 2.24) is 5.32 Å². The number of halogens is 1. The Balaban J connectivity index is 1.84. The van der Waals surface area contributed by atoms with Crippen molar-refractivity contribution in [3.8, 4) is 0 Å². The molecule has 0 aromatic heterocycles. The third kappa shape index (κ3) is 4.32. The van der Waals surface area contributed by atoms with Crippen LogP contribution < -0.4 is 10.0 Å². The lowest BCUT2D eigenvalue weighted by Gasteiger charge is -2.14. The second-order valence-electron chi connectivity index (χ2n) is 6.07. The van der Waals surface area contributed by atoms with E-state index in [1.54, 1.807) is 30.3 Å². The van der Waals surface area contributed by atoms with Gasteiger partial charge >= 0.3 is 0 Å². The van der Waals surface area contributed by atoms with Gasteiger partial charge in [-0.2, -0.15) is 0 Å². The van der Waals surface area contributed by atoms with Gasteiger partial charge in [0.1, 0.15) is 4.90 Å². The number of hydrogen-bond acceptors (Lipinski definition) is 3. The van der Waals surface area contributed by atoms with E-state index in [0.29, 0.717) is 5.69 Å². The Morgan fingerprint density at radius 2 is 1.72 bits per heavy atom. The van der Waals surface area contributed by atoms with E-state index in [4.69, 9.17) is 11.6 Å².